The fourth-order valence-corrected chi connectivity index (χ4v) is 2.51. The Labute approximate surface area is 123 Å². The molecule has 0 spiro atoms. The van der Waals surface area contributed by atoms with E-state index in [4.69, 9.17) is 5.11 Å². The lowest BCUT2D eigenvalue weighted by molar-refractivity contribution is -0.136. The fourth-order valence-electron chi connectivity index (χ4n) is 2.51. The van der Waals surface area contributed by atoms with E-state index < -0.39 is 5.97 Å². The molecule has 1 aromatic carbocycles. The Morgan fingerprint density at radius 3 is 2.52 bits per heavy atom. The lowest BCUT2D eigenvalue weighted by Crippen LogP contribution is -2.06. The third kappa shape index (κ3) is 3.21. The predicted octanol–water partition coefficient (Wildman–Crippen LogP) is 2.76. The molecule has 0 atom stereocenters. The highest BCUT2D eigenvalue weighted by Gasteiger charge is 2.30. The average Bonchev–Trinajstić information content (AvgIpc) is 3.20. The number of Topliss-reactive ketones (excluding diaryl/α,β-unsaturated/α-hetero) is 1. The Morgan fingerprint density at radius 2 is 1.86 bits per heavy atom. The van der Waals surface area contributed by atoms with Crippen LogP contribution in [-0.2, 0) is 17.8 Å². The largest absolute Gasteiger partial charge is 0.481 e. The Bertz CT molecular complexity index is 683. The van der Waals surface area contributed by atoms with Gasteiger partial charge in [0.25, 0.3) is 0 Å². The summed E-state index contributed by atoms with van der Waals surface area (Å²) in [6, 6.07) is 9.37. The summed E-state index contributed by atoms with van der Waals surface area (Å²) in [6.07, 6.45) is 5.77. The molecular formula is C17H17NO3. The van der Waals surface area contributed by atoms with Crippen molar-refractivity contribution in [3.63, 3.8) is 0 Å². The van der Waals surface area contributed by atoms with Gasteiger partial charge in [-0.1, -0.05) is 24.3 Å². The SMILES string of the molecule is O=C(O)Cc1ccccc1Cn1ccc(C(=O)C2CC2)c1. The van der Waals surface area contributed by atoms with Gasteiger partial charge in [-0.25, -0.2) is 0 Å². The van der Waals surface area contributed by atoms with Gasteiger partial charge in [0, 0.05) is 30.4 Å². The van der Waals surface area contributed by atoms with E-state index in [-0.39, 0.29) is 18.1 Å². The van der Waals surface area contributed by atoms with Gasteiger partial charge in [0.1, 0.15) is 0 Å². The number of rotatable bonds is 6. The molecule has 4 nitrogen and oxygen atoms in total. The second-order valence-corrected chi connectivity index (χ2v) is 5.55. The highest BCUT2D eigenvalue weighted by molar-refractivity contribution is 5.99. The lowest BCUT2D eigenvalue weighted by Gasteiger charge is -2.08. The number of hydrogen-bond acceptors (Lipinski definition) is 2. The maximum Gasteiger partial charge on any atom is 0.307 e. The summed E-state index contributed by atoms with van der Waals surface area (Å²) >= 11 is 0. The van der Waals surface area contributed by atoms with E-state index >= 15 is 0 Å². The number of benzene rings is 1. The number of hydrogen-bond donors (Lipinski definition) is 1. The summed E-state index contributed by atoms with van der Waals surface area (Å²) in [6.45, 7) is 0.585. The molecule has 1 saturated carbocycles. The van der Waals surface area contributed by atoms with Gasteiger partial charge in [0.15, 0.2) is 5.78 Å². The third-order valence-electron chi connectivity index (χ3n) is 3.80. The number of ketones is 1. The van der Waals surface area contributed by atoms with Crippen LogP contribution in [0.25, 0.3) is 0 Å². The van der Waals surface area contributed by atoms with Gasteiger partial charge < -0.3 is 9.67 Å². The molecule has 0 aliphatic heterocycles. The zero-order chi connectivity index (χ0) is 14.8. The Balaban J connectivity index is 1.77. The van der Waals surface area contributed by atoms with Crippen molar-refractivity contribution in [2.24, 2.45) is 5.92 Å². The lowest BCUT2D eigenvalue weighted by atomic mass is 10.0. The van der Waals surface area contributed by atoms with Gasteiger partial charge in [-0.05, 0) is 30.0 Å². The number of carboxylic acid groups (broad SMARTS) is 1. The summed E-state index contributed by atoms with van der Waals surface area (Å²) in [5, 5.41) is 8.95. The third-order valence-corrected chi connectivity index (χ3v) is 3.80. The van der Waals surface area contributed by atoms with E-state index in [1.54, 1.807) is 0 Å². The van der Waals surface area contributed by atoms with Crippen molar-refractivity contribution >= 4 is 11.8 Å². The molecule has 0 saturated heterocycles. The second-order valence-electron chi connectivity index (χ2n) is 5.55. The van der Waals surface area contributed by atoms with Crippen molar-refractivity contribution in [2.75, 3.05) is 0 Å². The number of carbonyl (C=O) groups excluding carboxylic acids is 1. The Hall–Kier alpha value is -2.36. The molecule has 1 aliphatic carbocycles. The van der Waals surface area contributed by atoms with Crippen LogP contribution in [0.2, 0.25) is 0 Å². The molecule has 0 amide bonds. The van der Waals surface area contributed by atoms with Crippen molar-refractivity contribution in [2.45, 2.75) is 25.8 Å². The normalized spacial score (nSPS) is 14.1. The predicted molar refractivity (Wildman–Crippen MR) is 78.4 cm³/mol. The molecule has 21 heavy (non-hydrogen) atoms. The maximum atomic E-state index is 12.0. The molecule has 1 N–H and O–H groups in total. The van der Waals surface area contributed by atoms with Crippen molar-refractivity contribution in [3.05, 3.63) is 59.4 Å². The Kier molecular flexibility index (Phi) is 3.60. The minimum absolute atomic E-state index is 0.0192. The zero-order valence-corrected chi connectivity index (χ0v) is 11.7. The molecule has 2 aromatic rings. The molecule has 0 unspecified atom stereocenters. The fraction of sp³-hybridized carbons (Fsp3) is 0.294. The smallest absolute Gasteiger partial charge is 0.307 e. The van der Waals surface area contributed by atoms with E-state index in [1.165, 1.54) is 0 Å². The van der Waals surface area contributed by atoms with E-state index in [1.807, 2.05) is 47.3 Å². The number of aromatic nitrogens is 1. The first-order valence-corrected chi connectivity index (χ1v) is 7.12. The van der Waals surface area contributed by atoms with Gasteiger partial charge in [-0.3, -0.25) is 9.59 Å². The highest BCUT2D eigenvalue weighted by atomic mass is 16.4. The quantitative estimate of drug-likeness (QED) is 0.829. The summed E-state index contributed by atoms with van der Waals surface area (Å²) in [5.74, 6) is -0.382. The van der Waals surface area contributed by atoms with Crippen molar-refractivity contribution in [3.8, 4) is 0 Å². The van der Waals surface area contributed by atoms with Crippen LogP contribution in [0.1, 0.15) is 34.3 Å². The van der Waals surface area contributed by atoms with Gasteiger partial charge in [-0.15, -0.1) is 0 Å². The van der Waals surface area contributed by atoms with E-state index in [0.29, 0.717) is 6.54 Å². The topological polar surface area (TPSA) is 59.3 Å². The molecule has 3 rings (SSSR count). The molecule has 1 heterocycles. The second kappa shape index (κ2) is 5.56. The van der Waals surface area contributed by atoms with E-state index in [9.17, 15) is 9.59 Å². The van der Waals surface area contributed by atoms with Crippen LogP contribution in [0, 0.1) is 5.92 Å². The molecule has 1 fully saturated rings. The molecule has 4 heteroatoms. The molecule has 1 aliphatic rings. The van der Waals surface area contributed by atoms with Crippen LogP contribution in [0.4, 0.5) is 0 Å². The Morgan fingerprint density at radius 1 is 1.14 bits per heavy atom. The highest BCUT2D eigenvalue weighted by Crippen LogP contribution is 2.32. The number of nitrogens with zero attached hydrogens (tertiary/aromatic N) is 1. The van der Waals surface area contributed by atoms with Crippen molar-refractivity contribution in [1.29, 1.82) is 0 Å². The minimum atomic E-state index is -0.834. The maximum absolute atomic E-state index is 12.0. The van der Waals surface area contributed by atoms with Gasteiger partial charge in [0.2, 0.25) is 0 Å². The molecule has 0 radical (unpaired) electrons. The van der Waals surface area contributed by atoms with Crippen molar-refractivity contribution < 1.29 is 14.7 Å². The number of carbonyl (C=O) groups is 2. The van der Waals surface area contributed by atoms with Gasteiger partial charge >= 0.3 is 5.97 Å². The minimum Gasteiger partial charge on any atom is -0.481 e. The van der Waals surface area contributed by atoms with Crippen LogP contribution in [0.15, 0.2) is 42.7 Å². The molecule has 1 aromatic heterocycles. The zero-order valence-electron chi connectivity index (χ0n) is 11.7. The van der Waals surface area contributed by atoms with Gasteiger partial charge in [-0.2, -0.15) is 0 Å². The van der Waals surface area contributed by atoms with Gasteiger partial charge in [0.05, 0.1) is 6.42 Å². The first-order valence-electron chi connectivity index (χ1n) is 7.12. The van der Waals surface area contributed by atoms with Crippen LogP contribution in [0.3, 0.4) is 0 Å². The first kappa shape index (κ1) is 13.6. The summed E-state index contributed by atoms with van der Waals surface area (Å²) < 4.78 is 1.94. The average molecular weight is 283 g/mol. The molecule has 108 valence electrons. The van der Waals surface area contributed by atoms with Crippen molar-refractivity contribution in [1.82, 2.24) is 4.57 Å². The van der Waals surface area contributed by atoms with E-state index in [2.05, 4.69) is 0 Å². The summed E-state index contributed by atoms with van der Waals surface area (Å²) in [5.41, 5.74) is 2.54. The summed E-state index contributed by atoms with van der Waals surface area (Å²) in [4.78, 5) is 22.9. The number of carboxylic acids is 1. The number of aliphatic carboxylic acids is 1. The first-order chi connectivity index (χ1) is 10.1. The van der Waals surface area contributed by atoms with Crippen LogP contribution in [-0.4, -0.2) is 21.4 Å². The van der Waals surface area contributed by atoms with Crippen LogP contribution >= 0.6 is 0 Å². The van der Waals surface area contributed by atoms with Crippen LogP contribution < -0.4 is 0 Å². The monoisotopic (exact) mass is 283 g/mol. The molecule has 0 bridgehead atoms. The summed E-state index contributed by atoms with van der Waals surface area (Å²) in [7, 11) is 0. The van der Waals surface area contributed by atoms with E-state index in [0.717, 1.165) is 29.5 Å². The standard InChI is InChI=1S/C17H17NO3/c19-16(20)9-13-3-1-2-4-14(13)10-18-8-7-15(11-18)17(21)12-5-6-12/h1-4,7-8,11-12H,5-6,9-10H2,(H,19,20). The molecular weight excluding hydrogens is 266 g/mol. The van der Waals surface area contributed by atoms with Crippen LogP contribution in [0.5, 0.6) is 0 Å².